The van der Waals surface area contributed by atoms with Crippen molar-refractivity contribution in [2.24, 2.45) is 0 Å². The third kappa shape index (κ3) is 4.59. The number of nitrogens with zero attached hydrogens (tertiary/aromatic N) is 3. The van der Waals surface area contributed by atoms with Gasteiger partial charge in [-0.1, -0.05) is 23.7 Å². The summed E-state index contributed by atoms with van der Waals surface area (Å²) in [6.07, 6.45) is 0. The summed E-state index contributed by atoms with van der Waals surface area (Å²) in [6, 6.07) is 15.6. The Morgan fingerprint density at radius 3 is 2.44 bits per heavy atom. The SMILES string of the molecule is CCOc1ccc(CNCc2nc(C)n(-c3ccc(Cl)cc3)n2)cc1. The smallest absolute Gasteiger partial charge is 0.165 e. The molecule has 1 N–H and O–H groups in total. The zero-order chi connectivity index (χ0) is 17.6. The van der Waals surface area contributed by atoms with Crippen LogP contribution in [0.2, 0.25) is 5.02 Å². The van der Waals surface area contributed by atoms with E-state index in [-0.39, 0.29) is 0 Å². The zero-order valence-corrected chi connectivity index (χ0v) is 15.1. The van der Waals surface area contributed by atoms with Crippen LogP contribution in [0.15, 0.2) is 48.5 Å². The average Bonchev–Trinajstić information content (AvgIpc) is 2.98. The van der Waals surface area contributed by atoms with E-state index in [2.05, 4.69) is 27.5 Å². The van der Waals surface area contributed by atoms with E-state index in [0.717, 1.165) is 29.6 Å². The van der Waals surface area contributed by atoms with Gasteiger partial charge in [0, 0.05) is 11.6 Å². The van der Waals surface area contributed by atoms with Gasteiger partial charge in [-0.05, 0) is 55.8 Å². The summed E-state index contributed by atoms with van der Waals surface area (Å²) in [5, 5.41) is 8.64. The molecular weight excluding hydrogens is 336 g/mol. The molecule has 0 amide bonds. The number of hydrogen-bond acceptors (Lipinski definition) is 4. The Balaban J connectivity index is 1.58. The zero-order valence-electron chi connectivity index (χ0n) is 14.4. The van der Waals surface area contributed by atoms with E-state index in [1.54, 1.807) is 0 Å². The second-order valence-electron chi connectivity index (χ2n) is 5.64. The van der Waals surface area contributed by atoms with Crippen molar-refractivity contribution in [3.8, 4) is 11.4 Å². The molecule has 0 fully saturated rings. The van der Waals surface area contributed by atoms with Crippen LogP contribution in [0.5, 0.6) is 5.75 Å². The molecule has 6 heteroatoms. The molecule has 1 heterocycles. The van der Waals surface area contributed by atoms with Gasteiger partial charge < -0.3 is 10.1 Å². The molecule has 0 aliphatic heterocycles. The molecule has 5 nitrogen and oxygen atoms in total. The topological polar surface area (TPSA) is 52.0 Å². The summed E-state index contributed by atoms with van der Waals surface area (Å²) in [5.41, 5.74) is 2.14. The minimum absolute atomic E-state index is 0.606. The van der Waals surface area contributed by atoms with Crippen LogP contribution in [-0.4, -0.2) is 21.4 Å². The lowest BCUT2D eigenvalue weighted by Gasteiger charge is -2.05. The maximum Gasteiger partial charge on any atom is 0.165 e. The molecule has 0 bridgehead atoms. The van der Waals surface area contributed by atoms with Crippen LogP contribution in [0.25, 0.3) is 5.69 Å². The van der Waals surface area contributed by atoms with E-state index in [1.165, 1.54) is 5.56 Å². The summed E-state index contributed by atoms with van der Waals surface area (Å²) in [7, 11) is 0. The van der Waals surface area contributed by atoms with Crippen LogP contribution < -0.4 is 10.1 Å². The number of aryl methyl sites for hydroxylation is 1. The van der Waals surface area contributed by atoms with Crippen LogP contribution in [-0.2, 0) is 13.1 Å². The van der Waals surface area contributed by atoms with Crippen molar-refractivity contribution in [2.45, 2.75) is 26.9 Å². The van der Waals surface area contributed by atoms with Crippen molar-refractivity contribution >= 4 is 11.6 Å². The predicted molar refractivity (Wildman–Crippen MR) is 99.3 cm³/mol. The molecule has 0 atom stereocenters. The van der Waals surface area contributed by atoms with Crippen molar-refractivity contribution in [1.82, 2.24) is 20.1 Å². The van der Waals surface area contributed by atoms with Gasteiger partial charge in [-0.25, -0.2) is 9.67 Å². The van der Waals surface area contributed by atoms with E-state index in [9.17, 15) is 0 Å². The van der Waals surface area contributed by atoms with Crippen molar-refractivity contribution in [3.05, 3.63) is 70.8 Å². The van der Waals surface area contributed by atoms with Crippen molar-refractivity contribution < 1.29 is 4.74 Å². The van der Waals surface area contributed by atoms with Crippen molar-refractivity contribution in [1.29, 1.82) is 0 Å². The maximum atomic E-state index is 5.94. The van der Waals surface area contributed by atoms with Crippen molar-refractivity contribution in [3.63, 3.8) is 0 Å². The van der Waals surface area contributed by atoms with E-state index in [0.29, 0.717) is 18.2 Å². The quantitative estimate of drug-likeness (QED) is 0.697. The van der Waals surface area contributed by atoms with E-state index >= 15 is 0 Å². The van der Waals surface area contributed by atoms with Gasteiger partial charge in [0.25, 0.3) is 0 Å². The molecule has 2 aromatic carbocycles. The summed E-state index contributed by atoms with van der Waals surface area (Å²) < 4.78 is 7.27. The molecule has 0 unspecified atom stereocenters. The monoisotopic (exact) mass is 356 g/mol. The van der Waals surface area contributed by atoms with Gasteiger partial charge in [-0.15, -0.1) is 5.10 Å². The highest BCUT2D eigenvalue weighted by atomic mass is 35.5. The third-order valence-electron chi connectivity index (χ3n) is 3.73. The molecular formula is C19H21ClN4O. The first-order valence-corrected chi connectivity index (χ1v) is 8.64. The predicted octanol–water partition coefficient (Wildman–Crippen LogP) is 3.92. The first kappa shape index (κ1) is 17.5. The number of halogens is 1. The molecule has 0 aliphatic rings. The lowest BCUT2D eigenvalue weighted by Crippen LogP contribution is -2.14. The van der Waals surface area contributed by atoms with Gasteiger partial charge in [0.2, 0.25) is 0 Å². The maximum absolute atomic E-state index is 5.94. The molecule has 0 saturated carbocycles. The van der Waals surface area contributed by atoms with Crippen LogP contribution in [0.1, 0.15) is 24.1 Å². The average molecular weight is 357 g/mol. The Bertz CT molecular complexity index is 812. The Labute approximate surface area is 152 Å². The Morgan fingerprint density at radius 1 is 1.04 bits per heavy atom. The number of aromatic nitrogens is 3. The highest BCUT2D eigenvalue weighted by Gasteiger charge is 2.08. The fourth-order valence-corrected chi connectivity index (χ4v) is 2.66. The number of hydrogen-bond donors (Lipinski definition) is 1. The minimum atomic E-state index is 0.606. The summed E-state index contributed by atoms with van der Waals surface area (Å²) in [4.78, 5) is 4.52. The van der Waals surface area contributed by atoms with Crippen molar-refractivity contribution in [2.75, 3.05) is 6.61 Å². The summed E-state index contributed by atoms with van der Waals surface area (Å²) >= 11 is 5.94. The second-order valence-corrected chi connectivity index (χ2v) is 6.08. The van der Waals surface area contributed by atoms with Crippen LogP contribution >= 0.6 is 11.6 Å². The Kier molecular flexibility index (Phi) is 5.68. The molecule has 3 rings (SSSR count). The molecule has 0 spiro atoms. The van der Waals surface area contributed by atoms with Gasteiger partial charge in [-0.2, -0.15) is 0 Å². The molecule has 130 valence electrons. The molecule has 0 aliphatic carbocycles. The van der Waals surface area contributed by atoms with Gasteiger partial charge >= 0.3 is 0 Å². The van der Waals surface area contributed by atoms with Gasteiger partial charge in [0.05, 0.1) is 18.8 Å². The second kappa shape index (κ2) is 8.14. The molecule has 25 heavy (non-hydrogen) atoms. The number of ether oxygens (including phenoxy) is 1. The standard InChI is InChI=1S/C19H21ClN4O/c1-3-25-18-10-4-15(5-11-18)12-21-13-19-22-14(2)24(23-19)17-8-6-16(20)7-9-17/h4-11,21H,3,12-13H2,1-2H3. The van der Waals surface area contributed by atoms with Crippen LogP contribution in [0, 0.1) is 6.92 Å². The molecule has 1 aromatic heterocycles. The summed E-state index contributed by atoms with van der Waals surface area (Å²) in [5.74, 6) is 2.50. The minimum Gasteiger partial charge on any atom is -0.494 e. The fraction of sp³-hybridized carbons (Fsp3) is 0.263. The largest absolute Gasteiger partial charge is 0.494 e. The van der Waals surface area contributed by atoms with Gasteiger partial charge in [-0.3, -0.25) is 0 Å². The first-order valence-electron chi connectivity index (χ1n) is 8.26. The van der Waals surface area contributed by atoms with Gasteiger partial charge in [0.1, 0.15) is 11.6 Å². The number of benzene rings is 2. The molecule has 0 saturated heterocycles. The Hall–Kier alpha value is -2.37. The lowest BCUT2D eigenvalue weighted by molar-refractivity contribution is 0.340. The van der Waals surface area contributed by atoms with Gasteiger partial charge in [0.15, 0.2) is 5.82 Å². The third-order valence-corrected chi connectivity index (χ3v) is 3.98. The van der Waals surface area contributed by atoms with E-state index < -0.39 is 0 Å². The lowest BCUT2D eigenvalue weighted by atomic mass is 10.2. The first-order chi connectivity index (χ1) is 12.2. The van der Waals surface area contributed by atoms with E-state index in [4.69, 9.17) is 16.3 Å². The normalized spacial score (nSPS) is 10.8. The highest BCUT2D eigenvalue weighted by molar-refractivity contribution is 6.30. The number of nitrogens with one attached hydrogen (secondary N) is 1. The molecule has 0 radical (unpaired) electrons. The summed E-state index contributed by atoms with van der Waals surface area (Å²) in [6.45, 7) is 5.96. The molecule has 3 aromatic rings. The van der Waals surface area contributed by atoms with E-state index in [1.807, 2.05) is 54.9 Å². The highest BCUT2D eigenvalue weighted by Crippen LogP contribution is 2.14. The number of rotatable bonds is 7. The Morgan fingerprint density at radius 2 is 1.76 bits per heavy atom. The fourth-order valence-electron chi connectivity index (χ4n) is 2.53. The van der Waals surface area contributed by atoms with Crippen LogP contribution in [0.4, 0.5) is 0 Å². The van der Waals surface area contributed by atoms with Crippen LogP contribution in [0.3, 0.4) is 0 Å².